The van der Waals surface area contributed by atoms with E-state index in [1.54, 1.807) is 12.3 Å². The second-order valence-electron chi connectivity index (χ2n) is 10.6. The van der Waals surface area contributed by atoms with Crippen LogP contribution in [0.25, 0.3) is 11.1 Å². The van der Waals surface area contributed by atoms with Gasteiger partial charge in [0.1, 0.15) is 24.4 Å². The number of para-hydroxylation sites is 1. The molecule has 5 rings (SSSR count). The molecule has 0 spiro atoms. The smallest absolute Gasteiger partial charge is 0.208 e. The van der Waals surface area contributed by atoms with E-state index in [4.69, 9.17) is 20.8 Å². The van der Waals surface area contributed by atoms with Crippen molar-refractivity contribution < 1.29 is 22.0 Å². The van der Waals surface area contributed by atoms with Crippen molar-refractivity contribution in [1.82, 2.24) is 9.71 Å². The van der Waals surface area contributed by atoms with Crippen molar-refractivity contribution in [3.8, 4) is 16.9 Å². The van der Waals surface area contributed by atoms with Crippen molar-refractivity contribution in [2.24, 2.45) is 0 Å². The quantitative estimate of drug-likeness (QED) is 0.211. The Balaban J connectivity index is 1.48. The fourth-order valence-electron chi connectivity index (χ4n) is 5.64. The molecule has 0 aliphatic heterocycles. The van der Waals surface area contributed by atoms with E-state index in [0.29, 0.717) is 60.8 Å². The summed E-state index contributed by atoms with van der Waals surface area (Å²) in [6.07, 6.45) is 5.00. The maximum Gasteiger partial charge on any atom is 0.208 e. The van der Waals surface area contributed by atoms with Crippen LogP contribution >= 0.6 is 11.6 Å². The van der Waals surface area contributed by atoms with Crippen LogP contribution in [-0.2, 0) is 34.3 Å². The van der Waals surface area contributed by atoms with Crippen LogP contribution in [0.15, 0.2) is 77.4 Å². The lowest BCUT2D eigenvalue weighted by Crippen LogP contribution is -2.35. The molecule has 0 bridgehead atoms. The van der Waals surface area contributed by atoms with Gasteiger partial charge in [-0.1, -0.05) is 54.6 Å². The minimum absolute atomic E-state index is 0.213. The summed E-state index contributed by atoms with van der Waals surface area (Å²) in [5.74, 6) is 1.02. The molecular weight excluding hydrogens is 551 g/mol. The van der Waals surface area contributed by atoms with E-state index >= 15 is 4.39 Å². The van der Waals surface area contributed by atoms with Crippen molar-refractivity contribution >= 4 is 21.6 Å². The minimum atomic E-state index is -3.38. The Morgan fingerprint density at radius 3 is 2.62 bits per heavy atom. The van der Waals surface area contributed by atoms with Gasteiger partial charge in [-0.25, -0.2) is 22.5 Å². The molecule has 1 saturated carbocycles. The van der Waals surface area contributed by atoms with Crippen LogP contribution < -0.4 is 9.46 Å². The molecule has 2 atom stereocenters. The van der Waals surface area contributed by atoms with Crippen LogP contribution in [0.2, 0.25) is 0 Å². The summed E-state index contributed by atoms with van der Waals surface area (Å²) >= 11 is 6.00. The maximum atomic E-state index is 15.4. The number of aryl methyl sites for hydroxylation is 1. The first kappa shape index (κ1) is 28.3. The third kappa shape index (κ3) is 6.40. The summed E-state index contributed by atoms with van der Waals surface area (Å²) in [6, 6.07) is 20.4. The molecule has 0 amide bonds. The predicted octanol–water partition coefficient (Wildman–Crippen LogP) is 6.69. The molecule has 1 fully saturated rings. The number of hydrogen-bond acceptors (Lipinski definition) is 5. The van der Waals surface area contributed by atoms with Gasteiger partial charge in [-0.2, -0.15) is 0 Å². The number of halogens is 2. The molecule has 1 aromatic heterocycles. The minimum Gasteiger partial charge on any atom is -0.488 e. The Morgan fingerprint density at radius 1 is 1.10 bits per heavy atom. The monoisotopic (exact) mass is 582 g/mol. The van der Waals surface area contributed by atoms with Gasteiger partial charge in [0, 0.05) is 17.2 Å². The molecule has 1 aliphatic rings. The average molecular weight is 583 g/mol. The van der Waals surface area contributed by atoms with Crippen LogP contribution in [0, 0.1) is 12.7 Å². The van der Waals surface area contributed by atoms with E-state index in [1.807, 2.05) is 61.5 Å². The molecule has 3 aromatic carbocycles. The van der Waals surface area contributed by atoms with E-state index in [-0.39, 0.29) is 17.7 Å². The van der Waals surface area contributed by atoms with Gasteiger partial charge in [0.2, 0.25) is 15.9 Å². The Kier molecular flexibility index (Phi) is 8.31. The number of aromatic nitrogens is 1. The van der Waals surface area contributed by atoms with Crippen molar-refractivity contribution in [3.63, 3.8) is 0 Å². The van der Waals surface area contributed by atoms with Gasteiger partial charge in [-0.05, 0) is 61.4 Å². The van der Waals surface area contributed by atoms with E-state index in [9.17, 15) is 8.42 Å². The zero-order valence-electron chi connectivity index (χ0n) is 22.5. The van der Waals surface area contributed by atoms with E-state index < -0.39 is 15.4 Å². The first-order valence-corrected chi connectivity index (χ1v) is 15.6. The van der Waals surface area contributed by atoms with Crippen molar-refractivity contribution in [1.29, 1.82) is 0 Å². The van der Waals surface area contributed by atoms with E-state index in [2.05, 4.69) is 9.71 Å². The van der Waals surface area contributed by atoms with Gasteiger partial charge >= 0.3 is 0 Å². The van der Waals surface area contributed by atoms with Crippen LogP contribution in [0.4, 0.5) is 4.39 Å². The highest BCUT2D eigenvalue weighted by atomic mass is 35.5. The second kappa shape index (κ2) is 11.7. The van der Waals surface area contributed by atoms with Crippen LogP contribution in [0.3, 0.4) is 0 Å². The predicted molar refractivity (Wildman–Crippen MR) is 154 cm³/mol. The largest absolute Gasteiger partial charge is 0.488 e. The van der Waals surface area contributed by atoms with Gasteiger partial charge in [0.25, 0.3) is 0 Å². The third-order valence-corrected chi connectivity index (χ3v) is 8.47. The van der Waals surface area contributed by atoms with Gasteiger partial charge in [0.05, 0.1) is 23.2 Å². The lowest BCUT2D eigenvalue weighted by Gasteiger charge is -2.27. The Labute approximate surface area is 239 Å². The van der Waals surface area contributed by atoms with Crippen LogP contribution in [0.1, 0.15) is 47.5 Å². The van der Waals surface area contributed by atoms with E-state index in [1.165, 1.54) is 6.07 Å². The second-order valence-corrected chi connectivity index (χ2v) is 12.7. The van der Waals surface area contributed by atoms with Crippen LogP contribution in [-0.4, -0.2) is 25.7 Å². The summed E-state index contributed by atoms with van der Waals surface area (Å²) in [6.45, 7) is 2.32. The lowest BCUT2D eigenvalue weighted by molar-refractivity contribution is 0.305. The number of nitrogens with one attached hydrogen (secondary N) is 1. The molecule has 0 radical (unpaired) electrons. The SMILES string of the molecule is Cc1cccc(-c2cc(C[C@]3(c4nc(CCl)co4)CC[C@H](NS(C)(=O)=O)C3)ccc2F)c1OCc1ccccc1. The number of alkyl halides is 1. The molecule has 210 valence electrons. The molecule has 40 heavy (non-hydrogen) atoms. The first-order valence-electron chi connectivity index (χ1n) is 13.2. The number of nitrogens with zero attached hydrogens (tertiary/aromatic N) is 1. The summed E-state index contributed by atoms with van der Waals surface area (Å²) in [7, 11) is -3.38. The fourth-order valence-corrected chi connectivity index (χ4v) is 6.57. The zero-order chi connectivity index (χ0) is 28.3. The van der Waals surface area contributed by atoms with Gasteiger partial charge < -0.3 is 9.15 Å². The molecular formula is C31H32ClFN2O4S. The summed E-state index contributed by atoms with van der Waals surface area (Å²) in [5.41, 5.74) is 3.99. The average Bonchev–Trinajstić information content (AvgIpc) is 3.57. The summed E-state index contributed by atoms with van der Waals surface area (Å²) < 4.78 is 54.2. The number of hydrogen-bond donors (Lipinski definition) is 1. The topological polar surface area (TPSA) is 81.4 Å². The highest BCUT2D eigenvalue weighted by Crippen LogP contribution is 2.45. The summed E-state index contributed by atoms with van der Waals surface area (Å²) in [5, 5.41) is 0. The van der Waals surface area contributed by atoms with Gasteiger partial charge in [-0.15, -0.1) is 11.6 Å². The molecule has 1 aliphatic carbocycles. The Bertz CT molecular complexity index is 1590. The molecule has 4 aromatic rings. The molecule has 0 saturated heterocycles. The molecule has 0 unspecified atom stereocenters. The number of ether oxygens (including phenoxy) is 1. The maximum absolute atomic E-state index is 15.4. The zero-order valence-corrected chi connectivity index (χ0v) is 24.1. The molecule has 1 heterocycles. The third-order valence-electron chi connectivity index (χ3n) is 7.43. The van der Waals surface area contributed by atoms with Crippen molar-refractivity contribution in [2.75, 3.05) is 6.26 Å². The molecule has 6 nitrogen and oxygen atoms in total. The van der Waals surface area contributed by atoms with Crippen molar-refractivity contribution in [3.05, 3.63) is 107 Å². The van der Waals surface area contributed by atoms with Gasteiger partial charge in [-0.3, -0.25) is 0 Å². The highest BCUT2D eigenvalue weighted by Gasteiger charge is 2.45. The van der Waals surface area contributed by atoms with Crippen molar-refractivity contribution in [2.45, 2.75) is 56.6 Å². The molecule has 1 N–H and O–H groups in total. The van der Waals surface area contributed by atoms with E-state index in [0.717, 1.165) is 22.9 Å². The number of benzene rings is 3. The highest BCUT2D eigenvalue weighted by molar-refractivity contribution is 7.88. The number of sulfonamides is 1. The van der Waals surface area contributed by atoms with Gasteiger partial charge in [0.15, 0.2) is 0 Å². The summed E-state index contributed by atoms with van der Waals surface area (Å²) in [4.78, 5) is 4.62. The standard InChI is InChI=1S/C31H32ClFN2O4S/c1-21-7-6-10-26(29(21)38-19-22-8-4-3-5-9-22)27-15-23(11-12-28(27)33)16-31(30-34-25(18-32)20-39-30)14-13-24(17-31)35-40(2,36)37/h3-12,15,20,24,35H,13-14,16-19H2,1-2H3/t24-,31+/m0/s1. The number of oxazole rings is 1. The normalized spacial score (nSPS) is 19.1. The Morgan fingerprint density at radius 2 is 1.90 bits per heavy atom. The number of rotatable bonds is 10. The molecule has 9 heteroatoms. The lowest BCUT2D eigenvalue weighted by atomic mass is 9.79. The first-order chi connectivity index (χ1) is 19.2. The van der Waals surface area contributed by atoms with Crippen LogP contribution in [0.5, 0.6) is 5.75 Å². The fraction of sp³-hybridized carbons (Fsp3) is 0.323. The Hall–Kier alpha value is -3.20.